The molecule has 2 aromatic rings. The highest BCUT2D eigenvalue weighted by Crippen LogP contribution is 2.31. The van der Waals surface area contributed by atoms with Gasteiger partial charge in [-0.15, -0.1) is 0 Å². The van der Waals surface area contributed by atoms with Gasteiger partial charge in [-0.2, -0.15) is 0 Å². The van der Waals surface area contributed by atoms with Crippen LogP contribution in [0.2, 0.25) is 5.02 Å². The Hall–Kier alpha value is -1.15. The first-order chi connectivity index (χ1) is 9.85. The summed E-state index contributed by atoms with van der Waals surface area (Å²) < 4.78 is 40.6. The van der Waals surface area contributed by atoms with Gasteiger partial charge in [0.05, 0.1) is 26.7 Å². The van der Waals surface area contributed by atoms with Gasteiger partial charge in [-0.3, -0.25) is 4.72 Å². The monoisotopic (exact) mass is 393 g/mol. The van der Waals surface area contributed by atoms with Crippen molar-refractivity contribution >= 4 is 43.2 Å². The van der Waals surface area contributed by atoms with E-state index in [1.54, 1.807) is 12.1 Å². The third kappa shape index (κ3) is 3.55. The normalized spacial score (nSPS) is 11.4. The van der Waals surface area contributed by atoms with E-state index in [9.17, 15) is 12.8 Å². The minimum Gasteiger partial charge on any atom is -0.392 e. The molecular weight excluding hydrogens is 385 g/mol. The van der Waals surface area contributed by atoms with Gasteiger partial charge in [-0.05, 0) is 46.3 Å². The lowest BCUT2D eigenvalue weighted by atomic mass is 10.2. The highest BCUT2D eigenvalue weighted by atomic mass is 79.9. The Labute approximate surface area is 134 Å². The number of anilines is 1. The van der Waals surface area contributed by atoms with E-state index in [1.807, 2.05) is 0 Å². The third-order valence-corrected chi connectivity index (χ3v) is 5.45. The predicted molar refractivity (Wildman–Crippen MR) is 82.3 cm³/mol. The minimum absolute atomic E-state index is 0.0944. The molecule has 0 bridgehead atoms. The molecule has 0 saturated carbocycles. The van der Waals surface area contributed by atoms with Crippen molar-refractivity contribution in [1.29, 1.82) is 0 Å². The van der Waals surface area contributed by atoms with Crippen LogP contribution in [0, 0.1) is 5.82 Å². The molecule has 0 aliphatic carbocycles. The lowest BCUT2D eigenvalue weighted by molar-refractivity contribution is 0.275. The third-order valence-electron chi connectivity index (χ3n) is 2.69. The Morgan fingerprint density at radius 1 is 1.29 bits per heavy atom. The number of hydrogen-bond donors (Lipinski definition) is 2. The summed E-state index contributed by atoms with van der Waals surface area (Å²) in [6.45, 7) is -0.587. The van der Waals surface area contributed by atoms with Crippen molar-refractivity contribution in [3.8, 4) is 0 Å². The zero-order chi connectivity index (χ0) is 15.6. The van der Waals surface area contributed by atoms with Gasteiger partial charge < -0.3 is 5.11 Å². The quantitative estimate of drug-likeness (QED) is 0.833. The van der Waals surface area contributed by atoms with E-state index >= 15 is 0 Å². The van der Waals surface area contributed by atoms with Crippen LogP contribution < -0.4 is 4.72 Å². The first kappa shape index (κ1) is 16.2. The highest BCUT2D eigenvalue weighted by molar-refractivity contribution is 9.10. The molecule has 21 heavy (non-hydrogen) atoms. The second-order valence-corrected chi connectivity index (χ2v) is 7.00. The lowest BCUT2D eigenvalue weighted by Crippen LogP contribution is -2.14. The first-order valence-electron chi connectivity index (χ1n) is 5.71. The lowest BCUT2D eigenvalue weighted by Gasteiger charge is -2.11. The Morgan fingerprint density at radius 2 is 2.00 bits per heavy atom. The maximum atomic E-state index is 13.3. The molecule has 0 aliphatic heterocycles. The van der Waals surface area contributed by atoms with E-state index in [2.05, 4.69) is 20.7 Å². The zero-order valence-electron chi connectivity index (χ0n) is 10.5. The Bertz CT molecular complexity index is 783. The van der Waals surface area contributed by atoms with Crippen molar-refractivity contribution in [1.82, 2.24) is 0 Å². The molecule has 2 rings (SSSR count). The van der Waals surface area contributed by atoms with Crippen molar-refractivity contribution in [2.75, 3.05) is 4.72 Å². The SMILES string of the molecule is O=S(=O)(Nc1cccc(Cl)c1Br)c1ccc(F)c(CO)c1. The number of rotatable bonds is 4. The van der Waals surface area contributed by atoms with E-state index in [-0.39, 0.29) is 16.1 Å². The van der Waals surface area contributed by atoms with Crippen LogP contribution in [0.15, 0.2) is 45.8 Å². The van der Waals surface area contributed by atoms with Crippen LogP contribution in [0.1, 0.15) is 5.56 Å². The van der Waals surface area contributed by atoms with E-state index in [0.717, 1.165) is 18.2 Å². The molecule has 112 valence electrons. The Balaban J connectivity index is 2.41. The van der Waals surface area contributed by atoms with Gasteiger partial charge in [-0.1, -0.05) is 17.7 Å². The van der Waals surface area contributed by atoms with Crippen LogP contribution in [-0.2, 0) is 16.6 Å². The number of aliphatic hydroxyl groups is 1. The molecule has 0 unspecified atom stereocenters. The molecule has 2 N–H and O–H groups in total. The van der Waals surface area contributed by atoms with E-state index in [1.165, 1.54) is 6.07 Å². The summed E-state index contributed by atoms with van der Waals surface area (Å²) in [5.41, 5.74) is 0.167. The summed E-state index contributed by atoms with van der Waals surface area (Å²) in [6, 6.07) is 7.92. The average molecular weight is 395 g/mol. The Kier molecular flexibility index (Phi) is 4.88. The summed E-state index contributed by atoms with van der Waals surface area (Å²) in [5, 5.41) is 9.35. The second kappa shape index (κ2) is 6.31. The number of benzene rings is 2. The fraction of sp³-hybridized carbons (Fsp3) is 0.0769. The number of aliphatic hydroxyl groups excluding tert-OH is 1. The molecule has 0 heterocycles. The number of sulfonamides is 1. The maximum absolute atomic E-state index is 13.3. The molecule has 2 aromatic carbocycles. The fourth-order valence-corrected chi connectivity index (χ4v) is 3.42. The highest BCUT2D eigenvalue weighted by Gasteiger charge is 2.18. The summed E-state index contributed by atoms with van der Waals surface area (Å²) in [4.78, 5) is -0.153. The van der Waals surface area contributed by atoms with Crippen LogP contribution in [0.4, 0.5) is 10.1 Å². The van der Waals surface area contributed by atoms with Crippen molar-refractivity contribution in [2.45, 2.75) is 11.5 Å². The van der Waals surface area contributed by atoms with Crippen molar-refractivity contribution in [2.24, 2.45) is 0 Å². The fourth-order valence-electron chi connectivity index (χ4n) is 1.63. The summed E-state index contributed by atoms with van der Waals surface area (Å²) in [6.07, 6.45) is 0. The summed E-state index contributed by atoms with van der Waals surface area (Å²) in [7, 11) is -3.92. The topological polar surface area (TPSA) is 66.4 Å². The summed E-state index contributed by atoms with van der Waals surface area (Å²) in [5.74, 6) is -0.666. The van der Waals surface area contributed by atoms with Crippen molar-refractivity contribution < 1.29 is 17.9 Å². The molecule has 0 amide bonds. The van der Waals surface area contributed by atoms with Gasteiger partial charge in [0.1, 0.15) is 5.82 Å². The number of hydrogen-bond acceptors (Lipinski definition) is 3. The van der Waals surface area contributed by atoms with Crippen LogP contribution in [0.5, 0.6) is 0 Å². The van der Waals surface area contributed by atoms with E-state index in [4.69, 9.17) is 16.7 Å². The maximum Gasteiger partial charge on any atom is 0.261 e. The molecular formula is C13H10BrClFNO3S. The van der Waals surface area contributed by atoms with Gasteiger partial charge in [0.2, 0.25) is 0 Å². The van der Waals surface area contributed by atoms with Gasteiger partial charge in [-0.25, -0.2) is 12.8 Å². The number of nitrogens with one attached hydrogen (secondary N) is 1. The standard InChI is InChI=1S/C13H10BrClFNO3S/c14-13-10(15)2-1-3-12(13)17-21(19,20)9-4-5-11(16)8(6-9)7-18/h1-6,17-18H,7H2. The molecule has 0 aliphatic rings. The molecule has 0 fully saturated rings. The first-order valence-corrected chi connectivity index (χ1v) is 8.36. The zero-order valence-corrected chi connectivity index (χ0v) is 13.6. The van der Waals surface area contributed by atoms with E-state index in [0.29, 0.717) is 9.50 Å². The molecule has 0 radical (unpaired) electrons. The molecule has 8 heteroatoms. The average Bonchev–Trinajstić information content (AvgIpc) is 2.44. The Morgan fingerprint density at radius 3 is 2.67 bits per heavy atom. The van der Waals surface area contributed by atoms with Crippen LogP contribution in [-0.4, -0.2) is 13.5 Å². The van der Waals surface area contributed by atoms with Crippen LogP contribution >= 0.6 is 27.5 Å². The minimum atomic E-state index is -3.92. The molecule has 0 atom stereocenters. The molecule has 4 nitrogen and oxygen atoms in total. The molecule has 0 spiro atoms. The second-order valence-electron chi connectivity index (χ2n) is 4.12. The van der Waals surface area contributed by atoms with Crippen LogP contribution in [0.25, 0.3) is 0 Å². The smallest absolute Gasteiger partial charge is 0.261 e. The van der Waals surface area contributed by atoms with Gasteiger partial charge in [0.15, 0.2) is 0 Å². The van der Waals surface area contributed by atoms with E-state index < -0.39 is 22.4 Å². The molecule has 0 saturated heterocycles. The van der Waals surface area contributed by atoms with Gasteiger partial charge in [0.25, 0.3) is 10.0 Å². The van der Waals surface area contributed by atoms with Crippen molar-refractivity contribution in [3.05, 3.63) is 57.3 Å². The largest absolute Gasteiger partial charge is 0.392 e. The molecule has 0 aromatic heterocycles. The van der Waals surface area contributed by atoms with Crippen LogP contribution in [0.3, 0.4) is 0 Å². The predicted octanol–water partition coefficient (Wildman–Crippen LogP) is 3.53. The van der Waals surface area contributed by atoms with Gasteiger partial charge in [0, 0.05) is 5.56 Å². The number of halogens is 3. The summed E-state index contributed by atoms with van der Waals surface area (Å²) >= 11 is 9.08. The van der Waals surface area contributed by atoms with Gasteiger partial charge >= 0.3 is 0 Å². The van der Waals surface area contributed by atoms with Crippen molar-refractivity contribution in [3.63, 3.8) is 0 Å².